The molecule has 1 radical (unpaired) electrons. The van der Waals surface area contributed by atoms with Crippen molar-refractivity contribution < 1.29 is 4.74 Å². The first-order chi connectivity index (χ1) is 10.2. The largest absolute Gasteiger partial charge is 0.474 e. The van der Waals surface area contributed by atoms with Gasteiger partial charge in [-0.3, -0.25) is 0 Å². The normalized spacial score (nSPS) is 12.7. The van der Waals surface area contributed by atoms with Crippen LogP contribution < -0.4 is 4.74 Å². The minimum atomic E-state index is 0.0932. The minimum absolute atomic E-state index is 0.0932. The monoisotopic (exact) mass is 320 g/mol. The summed E-state index contributed by atoms with van der Waals surface area (Å²) in [5.41, 5.74) is 1.70. The van der Waals surface area contributed by atoms with Crippen molar-refractivity contribution in [2.24, 2.45) is 0 Å². The van der Waals surface area contributed by atoms with Crippen LogP contribution in [0.1, 0.15) is 19.8 Å². The molecule has 0 N–H and O–H groups in total. The van der Waals surface area contributed by atoms with Gasteiger partial charge in [0.05, 0.1) is 21.5 Å². The van der Waals surface area contributed by atoms with Crippen LogP contribution in [-0.4, -0.2) is 20.7 Å². The number of hydrogen-bond donors (Lipinski definition) is 0. The Morgan fingerprint density at radius 2 is 2.24 bits per heavy atom. The van der Waals surface area contributed by atoms with E-state index < -0.39 is 0 Å². The molecule has 6 heteroatoms. The van der Waals surface area contributed by atoms with Gasteiger partial charge >= 0.3 is 0 Å². The van der Waals surface area contributed by atoms with Crippen molar-refractivity contribution in [2.45, 2.75) is 25.9 Å². The molecule has 0 amide bonds. The van der Waals surface area contributed by atoms with Gasteiger partial charge in [-0.25, -0.2) is 9.50 Å². The maximum Gasteiger partial charge on any atom is 0.232 e. The number of imidazole rings is 1. The molecular formula is C15H15ClN3OS. The summed E-state index contributed by atoms with van der Waals surface area (Å²) in [5, 5.41) is 4.52. The molecule has 0 fully saturated rings. The van der Waals surface area contributed by atoms with Gasteiger partial charge in [0.2, 0.25) is 5.88 Å². The highest BCUT2D eigenvalue weighted by Crippen LogP contribution is 2.31. The van der Waals surface area contributed by atoms with Crippen molar-refractivity contribution in [1.29, 1.82) is 0 Å². The zero-order chi connectivity index (χ0) is 14.8. The Bertz CT molecular complexity index is 752. The van der Waals surface area contributed by atoms with E-state index in [9.17, 15) is 0 Å². The molecule has 1 unspecified atom stereocenters. The van der Waals surface area contributed by atoms with Gasteiger partial charge in [-0.15, -0.1) is 16.4 Å². The van der Waals surface area contributed by atoms with E-state index >= 15 is 0 Å². The van der Waals surface area contributed by atoms with Crippen LogP contribution in [-0.2, 0) is 0 Å². The highest BCUT2D eigenvalue weighted by molar-refractivity contribution is 7.19. The van der Waals surface area contributed by atoms with Gasteiger partial charge in [-0.05, 0) is 38.0 Å². The third kappa shape index (κ3) is 3.04. The van der Waals surface area contributed by atoms with Crippen LogP contribution in [0.15, 0.2) is 30.5 Å². The molecule has 0 saturated heterocycles. The number of nitrogens with zero attached hydrogens (tertiary/aromatic N) is 3. The average Bonchev–Trinajstić information content (AvgIpc) is 3.04. The fourth-order valence-corrected chi connectivity index (χ4v) is 3.13. The van der Waals surface area contributed by atoms with E-state index in [2.05, 4.69) is 17.0 Å². The number of hydrogen-bond acceptors (Lipinski definition) is 4. The predicted octanol–water partition coefficient (Wildman–Crippen LogP) is 4.49. The lowest BCUT2D eigenvalue weighted by Gasteiger charge is -2.12. The Labute approximate surface area is 132 Å². The van der Waals surface area contributed by atoms with Gasteiger partial charge < -0.3 is 4.74 Å². The minimum Gasteiger partial charge on any atom is -0.474 e. The molecule has 0 bridgehead atoms. The number of rotatable bonds is 5. The molecule has 0 saturated carbocycles. The second-order valence-electron chi connectivity index (χ2n) is 4.76. The van der Waals surface area contributed by atoms with Crippen molar-refractivity contribution in [1.82, 2.24) is 14.6 Å². The summed E-state index contributed by atoms with van der Waals surface area (Å²) in [4.78, 5) is 5.39. The third-order valence-corrected chi connectivity index (χ3v) is 4.35. The lowest BCUT2D eigenvalue weighted by atomic mass is 10.2. The van der Waals surface area contributed by atoms with Gasteiger partial charge in [0.25, 0.3) is 0 Å². The van der Waals surface area contributed by atoms with Crippen molar-refractivity contribution in [3.63, 3.8) is 0 Å². The van der Waals surface area contributed by atoms with Crippen LogP contribution in [0.5, 0.6) is 5.88 Å². The quantitative estimate of drug-likeness (QED) is 0.695. The number of ether oxygens (including phenoxy) is 1. The van der Waals surface area contributed by atoms with Crippen LogP contribution in [0.2, 0.25) is 4.34 Å². The highest BCUT2D eigenvalue weighted by Gasteiger charge is 2.11. The average molecular weight is 321 g/mol. The molecule has 109 valence electrons. The first kappa shape index (κ1) is 14.4. The molecule has 21 heavy (non-hydrogen) atoms. The van der Waals surface area contributed by atoms with Crippen molar-refractivity contribution in [2.75, 3.05) is 0 Å². The zero-order valence-corrected chi connectivity index (χ0v) is 13.2. The van der Waals surface area contributed by atoms with E-state index in [0.29, 0.717) is 5.88 Å². The maximum absolute atomic E-state index is 6.00. The number of thiophene rings is 1. The summed E-state index contributed by atoms with van der Waals surface area (Å²) in [6, 6.07) is 7.58. The second kappa shape index (κ2) is 6.03. The molecule has 0 spiro atoms. The van der Waals surface area contributed by atoms with Crippen LogP contribution in [0.3, 0.4) is 0 Å². The third-order valence-electron chi connectivity index (χ3n) is 3.10. The lowest BCUT2D eigenvalue weighted by molar-refractivity contribution is 0.201. The molecule has 4 nitrogen and oxygen atoms in total. The summed E-state index contributed by atoms with van der Waals surface area (Å²) in [7, 11) is 0. The molecule has 3 heterocycles. The number of fused-ring (bicyclic) bond motifs is 1. The summed E-state index contributed by atoms with van der Waals surface area (Å²) in [5.74, 6) is 0.588. The molecule has 1 atom stereocenters. The van der Waals surface area contributed by atoms with Crippen molar-refractivity contribution in [3.8, 4) is 16.5 Å². The predicted molar refractivity (Wildman–Crippen MR) is 86.0 cm³/mol. The fourth-order valence-electron chi connectivity index (χ4n) is 2.09. The standard InChI is InChI=1S/C15H15ClN3OS/c1-3-4-10(2)20-15-8-7-14-17-9-11(19(14)18-15)12-5-6-13(16)21-12/h5-10H,1,3-4H2,2H3. The molecule has 0 aliphatic heterocycles. The maximum atomic E-state index is 6.00. The first-order valence-electron chi connectivity index (χ1n) is 6.74. The smallest absolute Gasteiger partial charge is 0.232 e. The van der Waals surface area contributed by atoms with Gasteiger partial charge in [0.1, 0.15) is 5.69 Å². The zero-order valence-electron chi connectivity index (χ0n) is 11.6. The van der Waals surface area contributed by atoms with Gasteiger partial charge in [0, 0.05) is 6.07 Å². The van der Waals surface area contributed by atoms with E-state index in [1.54, 1.807) is 10.7 Å². The second-order valence-corrected chi connectivity index (χ2v) is 6.47. The molecule has 0 aliphatic rings. The molecular weight excluding hydrogens is 306 g/mol. The molecule has 0 aromatic carbocycles. The molecule has 3 aromatic heterocycles. The topological polar surface area (TPSA) is 39.4 Å². The number of aromatic nitrogens is 3. The van der Waals surface area contributed by atoms with E-state index in [1.807, 2.05) is 31.2 Å². The lowest BCUT2D eigenvalue weighted by Crippen LogP contribution is -2.12. The van der Waals surface area contributed by atoms with E-state index in [0.717, 1.165) is 33.4 Å². The first-order valence-corrected chi connectivity index (χ1v) is 7.93. The molecule has 3 aromatic rings. The number of halogens is 1. The van der Waals surface area contributed by atoms with Crippen molar-refractivity contribution >= 4 is 28.6 Å². The Hall–Kier alpha value is -1.59. The van der Waals surface area contributed by atoms with Crippen LogP contribution in [0.4, 0.5) is 0 Å². The van der Waals surface area contributed by atoms with Crippen LogP contribution in [0.25, 0.3) is 16.2 Å². The summed E-state index contributed by atoms with van der Waals surface area (Å²) >= 11 is 7.50. The Morgan fingerprint density at radius 1 is 1.38 bits per heavy atom. The summed E-state index contributed by atoms with van der Waals surface area (Å²) in [6.07, 6.45) is 3.63. The van der Waals surface area contributed by atoms with Crippen molar-refractivity contribution in [3.05, 3.63) is 41.7 Å². The summed E-state index contributed by atoms with van der Waals surface area (Å²) < 4.78 is 8.34. The fraction of sp³-hybridized carbons (Fsp3) is 0.267. The van der Waals surface area contributed by atoms with E-state index in [4.69, 9.17) is 16.3 Å². The van der Waals surface area contributed by atoms with Gasteiger partial charge in [-0.1, -0.05) is 18.5 Å². The summed E-state index contributed by atoms with van der Waals surface area (Å²) in [6.45, 7) is 5.86. The highest BCUT2D eigenvalue weighted by atomic mass is 35.5. The Morgan fingerprint density at radius 3 is 2.95 bits per heavy atom. The van der Waals surface area contributed by atoms with Crippen LogP contribution in [0, 0.1) is 6.92 Å². The van der Waals surface area contributed by atoms with Crippen LogP contribution >= 0.6 is 22.9 Å². The van der Waals surface area contributed by atoms with Gasteiger partial charge in [0.15, 0.2) is 5.65 Å². The Kier molecular flexibility index (Phi) is 4.12. The molecule has 3 rings (SSSR count). The van der Waals surface area contributed by atoms with E-state index in [1.165, 1.54) is 11.3 Å². The van der Waals surface area contributed by atoms with Gasteiger partial charge in [-0.2, -0.15) is 0 Å². The molecule has 0 aliphatic carbocycles. The Balaban J connectivity index is 1.96. The van der Waals surface area contributed by atoms with E-state index in [-0.39, 0.29) is 6.10 Å². The SMILES string of the molecule is [CH2]CCC(C)Oc1ccc2ncc(-c3ccc(Cl)s3)n2n1.